The lowest BCUT2D eigenvalue weighted by Gasteiger charge is -2.25. The van der Waals surface area contributed by atoms with Crippen LogP contribution in [-0.4, -0.2) is 27.9 Å². The second kappa shape index (κ2) is 6.56. The Morgan fingerprint density at radius 1 is 1.10 bits per heavy atom. The van der Waals surface area contributed by atoms with E-state index in [2.05, 4.69) is 14.5 Å². The number of aromatic nitrogens is 4. The molecule has 2 fully saturated rings. The van der Waals surface area contributed by atoms with E-state index in [0.717, 1.165) is 29.1 Å². The zero-order valence-corrected chi connectivity index (χ0v) is 17.8. The second-order valence-corrected chi connectivity index (χ2v) is 10.6. The number of fused-ring (bicyclic) bond motifs is 5. The van der Waals surface area contributed by atoms with Crippen molar-refractivity contribution in [2.75, 3.05) is 0 Å². The normalized spacial score (nSPS) is 23.7. The van der Waals surface area contributed by atoms with Crippen molar-refractivity contribution < 1.29 is 8.42 Å². The number of hydrogen-bond acceptors (Lipinski definition) is 4. The van der Waals surface area contributed by atoms with E-state index >= 15 is 0 Å². The summed E-state index contributed by atoms with van der Waals surface area (Å²) in [6, 6.07) is 10.7. The summed E-state index contributed by atoms with van der Waals surface area (Å²) in [5.74, 6) is 2.31. The smallest absolute Gasteiger partial charge is 0.226 e. The van der Waals surface area contributed by atoms with Crippen LogP contribution in [0.5, 0.6) is 0 Å². The average Bonchev–Trinajstić information content (AvgIpc) is 3.55. The number of nitrogens with zero attached hydrogens (tertiary/aromatic N) is 3. The molecular weight excluding hydrogens is 420 g/mol. The van der Waals surface area contributed by atoms with Crippen LogP contribution in [0.4, 0.5) is 0 Å². The molecule has 154 valence electrons. The van der Waals surface area contributed by atoms with Gasteiger partial charge in [-0.3, -0.25) is 0 Å². The predicted molar refractivity (Wildman–Crippen MR) is 115 cm³/mol. The van der Waals surface area contributed by atoms with Crippen LogP contribution in [0.25, 0.3) is 22.1 Å². The first kappa shape index (κ1) is 18.4. The Morgan fingerprint density at radius 2 is 1.93 bits per heavy atom. The number of aromatic amines is 1. The van der Waals surface area contributed by atoms with Crippen molar-refractivity contribution >= 4 is 43.5 Å². The molecule has 3 unspecified atom stereocenters. The molecule has 6 rings (SSSR count). The molecule has 3 aromatic heterocycles. The molecule has 2 aliphatic rings. The van der Waals surface area contributed by atoms with E-state index in [4.69, 9.17) is 16.6 Å². The summed E-state index contributed by atoms with van der Waals surface area (Å²) >= 11 is 6.33. The van der Waals surface area contributed by atoms with Crippen molar-refractivity contribution in [3.8, 4) is 0 Å². The van der Waals surface area contributed by atoms with Gasteiger partial charge in [0.15, 0.2) is 5.03 Å². The third-order valence-corrected chi connectivity index (χ3v) is 8.77. The number of pyridine rings is 1. The minimum atomic E-state index is -3.83. The van der Waals surface area contributed by atoms with Gasteiger partial charge in [-0.2, -0.15) is 0 Å². The second-order valence-electron chi connectivity index (χ2n) is 8.44. The highest BCUT2D eigenvalue weighted by atomic mass is 35.5. The predicted octanol–water partition coefficient (Wildman–Crippen LogP) is 4.85. The van der Waals surface area contributed by atoms with Gasteiger partial charge >= 0.3 is 0 Å². The van der Waals surface area contributed by atoms with Gasteiger partial charge in [-0.25, -0.2) is 18.4 Å². The molecule has 2 aliphatic carbocycles. The van der Waals surface area contributed by atoms with Gasteiger partial charge in [0.2, 0.25) is 9.84 Å². The lowest BCUT2D eigenvalue weighted by atomic mass is 9.95. The number of imidazole rings is 1. The molecular formula is C22H21ClN4O2S. The van der Waals surface area contributed by atoms with Crippen molar-refractivity contribution in [1.82, 2.24) is 19.5 Å². The van der Waals surface area contributed by atoms with E-state index < -0.39 is 9.84 Å². The fraction of sp³-hybridized carbons (Fsp3) is 0.364. The van der Waals surface area contributed by atoms with Gasteiger partial charge < -0.3 is 9.55 Å². The molecule has 3 heterocycles. The fourth-order valence-corrected chi connectivity index (χ4v) is 7.10. The Bertz CT molecular complexity index is 1380. The largest absolute Gasteiger partial charge is 0.346 e. The molecule has 0 radical (unpaired) electrons. The molecule has 4 aromatic rings. The standard InChI is InChI=1S/C22H21ClN4O2S/c23-12-18-25-19-20(27(18)17-11-13-6-7-14(17)10-13)16-8-9-24-21(16)26-22(19)30(28,29)15-4-2-1-3-5-15/h1-5,8-9,13-14,17H,6-7,10-12H2,(H,24,26). The fourth-order valence-electron chi connectivity index (χ4n) is 5.56. The van der Waals surface area contributed by atoms with Crippen LogP contribution in [-0.2, 0) is 15.7 Å². The number of sulfone groups is 1. The third kappa shape index (κ3) is 2.51. The van der Waals surface area contributed by atoms with Crippen molar-refractivity contribution in [3.05, 3.63) is 48.4 Å². The molecule has 2 bridgehead atoms. The number of H-pyrrole nitrogens is 1. The van der Waals surface area contributed by atoms with Gasteiger partial charge in [0.25, 0.3) is 0 Å². The van der Waals surface area contributed by atoms with Crippen LogP contribution < -0.4 is 0 Å². The maximum Gasteiger partial charge on any atom is 0.226 e. The van der Waals surface area contributed by atoms with Gasteiger partial charge in [-0.1, -0.05) is 24.6 Å². The minimum Gasteiger partial charge on any atom is -0.346 e. The molecule has 0 spiro atoms. The molecule has 2 saturated carbocycles. The first-order valence-corrected chi connectivity index (χ1v) is 12.3. The lowest BCUT2D eigenvalue weighted by molar-refractivity contribution is 0.331. The Kier molecular flexibility index (Phi) is 4.02. The monoisotopic (exact) mass is 440 g/mol. The number of rotatable bonds is 4. The first-order chi connectivity index (χ1) is 14.6. The Labute approximate surface area is 179 Å². The zero-order chi connectivity index (χ0) is 20.5. The summed E-state index contributed by atoms with van der Waals surface area (Å²) in [5, 5.41) is 0.885. The summed E-state index contributed by atoms with van der Waals surface area (Å²) in [6.07, 6.45) is 6.65. The lowest BCUT2D eigenvalue weighted by Crippen LogP contribution is -2.18. The highest BCUT2D eigenvalue weighted by molar-refractivity contribution is 7.91. The Morgan fingerprint density at radius 3 is 2.63 bits per heavy atom. The van der Waals surface area contributed by atoms with Crippen LogP contribution >= 0.6 is 11.6 Å². The summed E-state index contributed by atoms with van der Waals surface area (Å²) < 4.78 is 29.3. The van der Waals surface area contributed by atoms with Gasteiger partial charge in [0, 0.05) is 17.6 Å². The Balaban J connectivity index is 1.68. The summed E-state index contributed by atoms with van der Waals surface area (Å²) in [4.78, 5) is 12.6. The maximum atomic E-state index is 13.5. The van der Waals surface area contributed by atoms with Crippen LogP contribution in [0.1, 0.15) is 37.5 Å². The quantitative estimate of drug-likeness (QED) is 0.460. The highest BCUT2D eigenvalue weighted by Gasteiger charge is 2.42. The highest BCUT2D eigenvalue weighted by Crippen LogP contribution is 2.52. The van der Waals surface area contributed by atoms with E-state index in [9.17, 15) is 8.42 Å². The minimum absolute atomic E-state index is 0.00748. The third-order valence-electron chi connectivity index (χ3n) is 6.84. The number of benzene rings is 1. The molecule has 1 N–H and O–H groups in total. The molecule has 1 aromatic carbocycles. The molecule has 8 heteroatoms. The van der Waals surface area contributed by atoms with E-state index in [0.29, 0.717) is 23.1 Å². The molecule has 6 nitrogen and oxygen atoms in total. The van der Waals surface area contributed by atoms with Crippen molar-refractivity contribution in [2.45, 2.75) is 47.5 Å². The van der Waals surface area contributed by atoms with Gasteiger partial charge in [0.1, 0.15) is 17.0 Å². The van der Waals surface area contributed by atoms with Crippen molar-refractivity contribution in [3.63, 3.8) is 0 Å². The van der Waals surface area contributed by atoms with Crippen LogP contribution in [0.2, 0.25) is 0 Å². The van der Waals surface area contributed by atoms with Gasteiger partial charge in [-0.15, -0.1) is 11.6 Å². The first-order valence-electron chi connectivity index (χ1n) is 10.3. The SMILES string of the molecule is O=S(=O)(c1ccccc1)c1nc2[nH]ccc2c2c1nc(CCl)n2C1CC2CCC1C2. The molecule has 0 aliphatic heterocycles. The van der Waals surface area contributed by atoms with Gasteiger partial charge in [0.05, 0.1) is 16.3 Å². The van der Waals surface area contributed by atoms with Crippen LogP contribution in [0.3, 0.4) is 0 Å². The molecule has 30 heavy (non-hydrogen) atoms. The van der Waals surface area contributed by atoms with Gasteiger partial charge in [-0.05, 0) is 49.3 Å². The molecule has 3 atom stereocenters. The van der Waals surface area contributed by atoms with Crippen LogP contribution in [0, 0.1) is 11.8 Å². The van der Waals surface area contributed by atoms with Crippen molar-refractivity contribution in [1.29, 1.82) is 0 Å². The molecule has 0 saturated heterocycles. The van der Waals surface area contributed by atoms with Crippen molar-refractivity contribution in [2.24, 2.45) is 11.8 Å². The van der Waals surface area contributed by atoms with E-state index in [1.807, 2.05) is 6.07 Å². The summed E-state index contributed by atoms with van der Waals surface area (Å²) in [5.41, 5.74) is 1.82. The number of nitrogens with one attached hydrogen (secondary N) is 1. The van der Waals surface area contributed by atoms with Crippen LogP contribution in [0.15, 0.2) is 52.5 Å². The van der Waals surface area contributed by atoms with E-state index in [1.54, 1.807) is 36.5 Å². The molecule has 0 amide bonds. The summed E-state index contributed by atoms with van der Waals surface area (Å²) in [6.45, 7) is 0. The number of halogens is 1. The number of hydrogen-bond donors (Lipinski definition) is 1. The number of alkyl halides is 1. The maximum absolute atomic E-state index is 13.5. The topological polar surface area (TPSA) is 80.6 Å². The summed E-state index contributed by atoms with van der Waals surface area (Å²) in [7, 11) is -3.83. The van der Waals surface area contributed by atoms with E-state index in [-0.39, 0.29) is 15.8 Å². The Hall–Kier alpha value is -2.38. The van der Waals surface area contributed by atoms with E-state index in [1.165, 1.54) is 19.3 Å². The average molecular weight is 441 g/mol. The zero-order valence-electron chi connectivity index (χ0n) is 16.3.